The molecule has 3 aromatic rings. The van der Waals surface area contributed by atoms with Crippen LogP contribution in [-0.4, -0.2) is 30.3 Å². The van der Waals surface area contributed by atoms with Crippen LogP contribution in [0.15, 0.2) is 40.1 Å². The van der Waals surface area contributed by atoms with Gasteiger partial charge in [-0.1, -0.05) is 12.1 Å². The summed E-state index contributed by atoms with van der Waals surface area (Å²) in [5.41, 5.74) is 0.925. The molecule has 0 atom stereocenters. The number of amides is 1. The molecular formula is C18H19N3O4S. The molecule has 0 radical (unpaired) electrons. The lowest BCUT2D eigenvalue weighted by atomic mass is 10.2. The Labute approximate surface area is 155 Å². The lowest BCUT2D eigenvalue weighted by Gasteiger charge is -2.10. The Hall–Kier alpha value is -2.87. The monoisotopic (exact) mass is 373 g/mol. The number of rotatable bonds is 8. The van der Waals surface area contributed by atoms with E-state index in [2.05, 4.69) is 15.5 Å². The van der Waals surface area contributed by atoms with E-state index >= 15 is 0 Å². The molecule has 0 saturated heterocycles. The number of benzene rings is 1. The third-order valence-corrected chi connectivity index (χ3v) is 4.56. The number of nitrogens with zero attached hydrogens (tertiary/aromatic N) is 2. The maximum atomic E-state index is 12.0. The Morgan fingerprint density at radius 1 is 1.19 bits per heavy atom. The van der Waals surface area contributed by atoms with Crippen molar-refractivity contribution in [3.63, 3.8) is 0 Å². The van der Waals surface area contributed by atoms with Crippen LogP contribution in [0.4, 0.5) is 0 Å². The Kier molecular flexibility index (Phi) is 5.85. The number of nitrogens with one attached hydrogen (secondary N) is 1. The summed E-state index contributed by atoms with van der Waals surface area (Å²) in [7, 11) is 3.16. The van der Waals surface area contributed by atoms with E-state index in [4.69, 9.17) is 13.9 Å². The summed E-state index contributed by atoms with van der Waals surface area (Å²) in [5.74, 6) is 2.14. The van der Waals surface area contributed by atoms with Gasteiger partial charge in [-0.05, 0) is 29.1 Å². The summed E-state index contributed by atoms with van der Waals surface area (Å²) >= 11 is 1.53. The van der Waals surface area contributed by atoms with Crippen LogP contribution in [0.2, 0.25) is 0 Å². The fourth-order valence-corrected chi connectivity index (χ4v) is 3.00. The van der Waals surface area contributed by atoms with Crippen LogP contribution in [0.25, 0.3) is 10.8 Å². The second-order valence-corrected chi connectivity index (χ2v) is 6.39. The van der Waals surface area contributed by atoms with Crippen LogP contribution in [-0.2, 0) is 17.8 Å². The highest BCUT2D eigenvalue weighted by molar-refractivity contribution is 7.13. The topological polar surface area (TPSA) is 86.5 Å². The molecular weight excluding hydrogens is 354 g/mol. The molecule has 0 aliphatic heterocycles. The normalized spacial score (nSPS) is 10.5. The zero-order chi connectivity index (χ0) is 18.4. The minimum atomic E-state index is -0.0874. The van der Waals surface area contributed by atoms with Gasteiger partial charge < -0.3 is 19.2 Å². The van der Waals surface area contributed by atoms with Crippen molar-refractivity contribution in [2.75, 3.05) is 14.2 Å². The molecule has 0 fully saturated rings. The summed E-state index contributed by atoms with van der Waals surface area (Å²) in [4.78, 5) is 13.0. The van der Waals surface area contributed by atoms with Gasteiger partial charge in [-0.25, -0.2) is 0 Å². The fraction of sp³-hybridized carbons (Fsp3) is 0.278. The maximum absolute atomic E-state index is 12.0. The molecule has 0 spiro atoms. The van der Waals surface area contributed by atoms with Gasteiger partial charge in [0.15, 0.2) is 11.5 Å². The van der Waals surface area contributed by atoms with Crippen LogP contribution in [0.5, 0.6) is 11.5 Å². The van der Waals surface area contributed by atoms with Crippen molar-refractivity contribution < 1.29 is 18.7 Å². The molecule has 136 valence electrons. The molecule has 2 aromatic heterocycles. The van der Waals surface area contributed by atoms with Crippen LogP contribution in [0.1, 0.15) is 17.9 Å². The summed E-state index contributed by atoms with van der Waals surface area (Å²) < 4.78 is 16.0. The number of hydrogen-bond acceptors (Lipinski definition) is 7. The maximum Gasteiger partial charge on any atom is 0.257 e. The number of ether oxygens (including phenoxy) is 2. The highest BCUT2D eigenvalue weighted by Crippen LogP contribution is 2.27. The van der Waals surface area contributed by atoms with E-state index in [0.29, 0.717) is 36.2 Å². The number of carbonyl (C=O) groups is 1. The SMILES string of the molecule is COc1ccc(CNC(=O)CCc2nnc(-c3cccs3)o2)cc1OC. The van der Waals surface area contributed by atoms with Crippen molar-refractivity contribution in [1.29, 1.82) is 0 Å². The fourth-order valence-electron chi connectivity index (χ4n) is 2.35. The first-order chi connectivity index (χ1) is 12.7. The standard InChI is InChI=1S/C18H19N3O4S/c1-23-13-6-5-12(10-14(13)24-2)11-19-16(22)7-8-17-20-21-18(25-17)15-4-3-9-26-15/h3-6,9-10H,7-8,11H2,1-2H3,(H,19,22). The minimum Gasteiger partial charge on any atom is -0.493 e. The van der Waals surface area contributed by atoms with E-state index in [-0.39, 0.29) is 12.3 Å². The molecule has 0 aliphatic carbocycles. The summed E-state index contributed by atoms with van der Waals surface area (Å²) in [5, 5.41) is 12.8. The Balaban J connectivity index is 1.49. The average molecular weight is 373 g/mol. The predicted molar refractivity (Wildman–Crippen MR) is 97.3 cm³/mol. The molecule has 2 heterocycles. The number of thiophene rings is 1. The van der Waals surface area contributed by atoms with Gasteiger partial charge in [0.1, 0.15) is 0 Å². The van der Waals surface area contributed by atoms with E-state index in [1.54, 1.807) is 14.2 Å². The van der Waals surface area contributed by atoms with Crippen molar-refractivity contribution in [1.82, 2.24) is 15.5 Å². The van der Waals surface area contributed by atoms with Gasteiger partial charge in [0.25, 0.3) is 5.89 Å². The lowest BCUT2D eigenvalue weighted by Crippen LogP contribution is -2.23. The number of carbonyl (C=O) groups excluding carboxylic acids is 1. The van der Waals surface area contributed by atoms with Crippen molar-refractivity contribution >= 4 is 17.2 Å². The van der Waals surface area contributed by atoms with Crippen molar-refractivity contribution in [3.05, 3.63) is 47.2 Å². The van der Waals surface area contributed by atoms with Gasteiger partial charge in [-0.3, -0.25) is 4.79 Å². The van der Waals surface area contributed by atoms with E-state index in [0.717, 1.165) is 10.4 Å². The highest BCUT2D eigenvalue weighted by atomic mass is 32.1. The van der Waals surface area contributed by atoms with Gasteiger partial charge in [-0.2, -0.15) is 0 Å². The van der Waals surface area contributed by atoms with Gasteiger partial charge in [0.2, 0.25) is 11.8 Å². The third kappa shape index (κ3) is 4.40. The first-order valence-electron chi connectivity index (χ1n) is 8.03. The predicted octanol–water partition coefficient (Wildman–Crippen LogP) is 3.06. The van der Waals surface area contributed by atoms with Gasteiger partial charge >= 0.3 is 0 Å². The van der Waals surface area contributed by atoms with Gasteiger partial charge in [0, 0.05) is 19.4 Å². The molecule has 0 saturated carbocycles. The van der Waals surface area contributed by atoms with Crippen LogP contribution in [0.3, 0.4) is 0 Å². The molecule has 0 unspecified atom stereocenters. The van der Waals surface area contributed by atoms with Crippen molar-refractivity contribution in [2.45, 2.75) is 19.4 Å². The second-order valence-electron chi connectivity index (χ2n) is 5.44. The zero-order valence-corrected chi connectivity index (χ0v) is 15.3. The highest BCUT2D eigenvalue weighted by Gasteiger charge is 2.11. The molecule has 1 amide bonds. The molecule has 0 aliphatic rings. The van der Waals surface area contributed by atoms with Gasteiger partial charge in [0.05, 0.1) is 19.1 Å². The molecule has 1 N–H and O–H groups in total. The molecule has 26 heavy (non-hydrogen) atoms. The van der Waals surface area contributed by atoms with Crippen LogP contribution in [0, 0.1) is 0 Å². The van der Waals surface area contributed by atoms with E-state index in [9.17, 15) is 4.79 Å². The molecule has 7 nitrogen and oxygen atoms in total. The molecule has 0 bridgehead atoms. The number of aryl methyl sites for hydroxylation is 1. The number of methoxy groups -OCH3 is 2. The van der Waals surface area contributed by atoms with Gasteiger partial charge in [-0.15, -0.1) is 21.5 Å². The molecule has 8 heteroatoms. The second kappa shape index (κ2) is 8.48. The zero-order valence-electron chi connectivity index (χ0n) is 14.5. The Morgan fingerprint density at radius 3 is 2.77 bits per heavy atom. The first kappa shape index (κ1) is 17.9. The molecule has 1 aromatic carbocycles. The summed E-state index contributed by atoms with van der Waals surface area (Å²) in [6.45, 7) is 0.406. The van der Waals surface area contributed by atoms with Crippen LogP contribution < -0.4 is 14.8 Å². The third-order valence-electron chi connectivity index (χ3n) is 3.70. The number of aromatic nitrogens is 2. The largest absolute Gasteiger partial charge is 0.493 e. The summed E-state index contributed by atoms with van der Waals surface area (Å²) in [6.07, 6.45) is 0.676. The van der Waals surface area contributed by atoms with Crippen molar-refractivity contribution in [3.8, 4) is 22.3 Å². The Bertz CT molecular complexity index is 861. The lowest BCUT2D eigenvalue weighted by molar-refractivity contribution is -0.121. The number of hydrogen-bond donors (Lipinski definition) is 1. The smallest absolute Gasteiger partial charge is 0.257 e. The van der Waals surface area contributed by atoms with E-state index in [1.165, 1.54) is 11.3 Å². The van der Waals surface area contributed by atoms with Crippen LogP contribution >= 0.6 is 11.3 Å². The summed E-state index contributed by atoms with van der Waals surface area (Å²) in [6, 6.07) is 9.37. The quantitative estimate of drug-likeness (QED) is 0.653. The molecule has 3 rings (SSSR count). The van der Waals surface area contributed by atoms with E-state index < -0.39 is 0 Å². The minimum absolute atomic E-state index is 0.0874. The van der Waals surface area contributed by atoms with E-state index in [1.807, 2.05) is 35.7 Å². The average Bonchev–Trinajstić information content (AvgIpc) is 3.35. The van der Waals surface area contributed by atoms with Crippen molar-refractivity contribution in [2.24, 2.45) is 0 Å². The first-order valence-corrected chi connectivity index (χ1v) is 8.91. The Morgan fingerprint density at radius 2 is 2.04 bits per heavy atom.